The zero-order valence-corrected chi connectivity index (χ0v) is 16.6. The van der Waals surface area contributed by atoms with Crippen LogP contribution in [-0.4, -0.2) is 26.1 Å². The molecule has 2 heterocycles. The van der Waals surface area contributed by atoms with Gasteiger partial charge in [-0.1, -0.05) is 13.0 Å². The van der Waals surface area contributed by atoms with Gasteiger partial charge in [0.05, 0.1) is 17.4 Å². The summed E-state index contributed by atoms with van der Waals surface area (Å²) in [6, 6.07) is 6.31. The summed E-state index contributed by atoms with van der Waals surface area (Å²) < 4.78 is 16.9. The Morgan fingerprint density at radius 2 is 2.07 bits per heavy atom. The van der Waals surface area contributed by atoms with Crippen molar-refractivity contribution >= 4 is 16.9 Å². The maximum absolute atomic E-state index is 13.7. The largest absolute Gasteiger partial charge is 0.354 e. The highest BCUT2D eigenvalue weighted by Crippen LogP contribution is 2.25. The van der Waals surface area contributed by atoms with E-state index < -0.39 is 0 Å². The molecule has 1 unspecified atom stereocenters. The van der Waals surface area contributed by atoms with E-state index in [1.54, 1.807) is 16.7 Å². The van der Waals surface area contributed by atoms with Gasteiger partial charge in [0.2, 0.25) is 5.91 Å². The van der Waals surface area contributed by atoms with Gasteiger partial charge >= 0.3 is 0 Å². The second kappa shape index (κ2) is 7.96. The van der Waals surface area contributed by atoms with Crippen molar-refractivity contribution in [2.75, 3.05) is 0 Å². The fourth-order valence-electron chi connectivity index (χ4n) is 3.25. The third-order valence-electron chi connectivity index (χ3n) is 5.15. The molecule has 7 heteroatoms. The molecule has 1 amide bonds. The standard InChI is InChI=1S/C21H25FN4O2/c1-5-13(2)24-18(27)9-10-25-12-23-20-19(21(25)28)14(3)15(4)26(20)17-8-6-7-16(22)11-17/h6-8,11-13H,5,9-10H2,1-4H3,(H,24,27). The molecule has 3 rings (SSSR count). The third-order valence-corrected chi connectivity index (χ3v) is 5.15. The number of carbonyl (C=O) groups excluding carboxylic acids is 1. The number of aromatic nitrogens is 3. The summed E-state index contributed by atoms with van der Waals surface area (Å²) in [4.78, 5) is 29.5. The van der Waals surface area contributed by atoms with Gasteiger partial charge in [0.15, 0.2) is 5.65 Å². The van der Waals surface area contributed by atoms with Crippen molar-refractivity contribution in [3.8, 4) is 5.69 Å². The summed E-state index contributed by atoms with van der Waals surface area (Å²) >= 11 is 0. The molecule has 0 saturated heterocycles. The molecule has 0 saturated carbocycles. The van der Waals surface area contributed by atoms with E-state index in [1.165, 1.54) is 23.0 Å². The number of amides is 1. The Morgan fingerprint density at radius 1 is 1.32 bits per heavy atom. The maximum atomic E-state index is 13.7. The minimum absolute atomic E-state index is 0.0911. The molecule has 2 aromatic heterocycles. The molecule has 3 aromatic rings. The molecular formula is C21H25FN4O2. The van der Waals surface area contributed by atoms with Gasteiger partial charge in [-0.05, 0) is 51.0 Å². The first-order valence-electron chi connectivity index (χ1n) is 9.45. The monoisotopic (exact) mass is 384 g/mol. The maximum Gasteiger partial charge on any atom is 0.263 e. The Morgan fingerprint density at radius 3 is 2.75 bits per heavy atom. The third kappa shape index (κ3) is 3.69. The highest BCUT2D eigenvalue weighted by molar-refractivity contribution is 5.83. The van der Waals surface area contributed by atoms with Crippen molar-refractivity contribution in [1.29, 1.82) is 0 Å². The lowest BCUT2D eigenvalue weighted by atomic mass is 10.2. The molecular weight excluding hydrogens is 359 g/mol. The van der Waals surface area contributed by atoms with E-state index in [2.05, 4.69) is 10.3 Å². The number of rotatable bonds is 6. The molecule has 0 aliphatic heterocycles. The second-order valence-corrected chi connectivity index (χ2v) is 7.09. The quantitative estimate of drug-likeness (QED) is 0.709. The Balaban J connectivity index is 1.98. The van der Waals surface area contributed by atoms with E-state index in [0.717, 1.165) is 17.7 Å². The van der Waals surface area contributed by atoms with E-state index in [-0.39, 0.29) is 36.3 Å². The zero-order chi connectivity index (χ0) is 20.4. The number of nitrogens with zero attached hydrogens (tertiary/aromatic N) is 3. The molecule has 1 N–H and O–H groups in total. The molecule has 0 radical (unpaired) electrons. The summed E-state index contributed by atoms with van der Waals surface area (Å²) in [7, 11) is 0. The summed E-state index contributed by atoms with van der Waals surface area (Å²) in [5, 5.41) is 3.39. The van der Waals surface area contributed by atoms with Crippen molar-refractivity contribution in [3.05, 3.63) is 58.0 Å². The van der Waals surface area contributed by atoms with Crippen molar-refractivity contribution in [2.45, 2.75) is 53.1 Å². The Kier molecular flexibility index (Phi) is 5.63. The molecule has 0 aliphatic carbocycles. The number of fused-ring (bicyclic) bond motifs is 1. The fraction of sp³-hybridized carbons (Fsp3) is 0.381. The molecule has 0 spiro atoms. The van der Waals surface area contributed by atoms with Crippen LogP contribution < -0.4 is 10.9 Å². The van der Waals surface area contributed by atoms with Crippen molar-refractivity contribution in [3.63, 3.8) is 0 Å². The summed E-state index contributed by atoms with van der Waals surface area (Å²) in [6.45, 7) is 7.94. The lowest BCUT2D eigenvalue weighted by Gasteiger charge is -2.12. The van der Waals surface area contributed by atoms with Gasteiger partial charge < -0.3 is 5.32 Å². The van der Waals surface area contributed by atoms with E-state index in [9.17, 15) is 14.0 Å². The van der Waals surface area contributed by atoms with E-state index >= 15 is 0 Å². The molecule has 0 aliphatic rings. The first-order chi connectivity index (χ1) is 13.3. The molecule has 0 fully saturated rings. The van der Waals surface area contributed by atoms with Gasteiger partial charge in [0.1, 0.15) is 5.82 Å². The van der Waals surface area contributed by atoms with Gasteiger partial charge in [-0.3, -0.25) is 18.7 Å². The Bertz CT molecular complexity index is 1080. The number of halogens is 1. The van der Waals surface area contributed by atoms with Gasteiger partial charge in [0.25, 0.3) is 5.56 Å². The zero-order valence-electron chi connectivity index (χ0n) is 16.6. The minimum atomic E-state index is -0.350. The fourth-order valence-corrected chi connectivity index (χ4v) is 3.25. The number of benzene rings is 1. The van der Waals surface area contributed by atoms with Crippen LogP contribution in [0.4, 0.5) is 4.39 Å². The molecule has 1 atom stereocenters. The van der Waals surface area contributed by atoms with Crippen LogP contribution in [-0.2, 0) is 11.3 Å². The van der Waals surface area contributed by atoms with Gasteiger partial charge in [-0.15, -0.1) is 0 Å². The molecule has 28 heavy (non-hydrogen) atoms. The molecule has 6 nitrogen and oxygen atoms in total. The van der Waals surface area contributed by atoms with Crippen LogP contribution in [0.5, 0.6) is 0 Å². The van der Waals surface area contributed by atoms with Crippen LogP contribution in [0.3, 0.4) is 0 Å². The van der Waals surface area contributed by atoms with Crippen LogP contribution in [0.2, 0.25) is 0 Å². The first-order valence-corrected chi connectivity index (χ1v) is 9.45. The summed E-state index contributed by atoms with van der Waals surface area (Å²) in [6.07, 6.45) is 2.52. The predicted octanol–water partition coefficient (Wildman–Crippen LogP) is 3.25. The highest BCUT2D eigenvalue weighted by Gasteiger charge is 2.18. The normalized spacial score (nSPS) is 12.3. The van der Waals surface area contributed by atoms with Crippen LogP contribution in [0, 0.1) is 19.7 Å². The average molecular weight is 384 g/mol. The molecule has 148 valence electrons. The number of hydrogen-bond acceptors (Lipinski definition) is 3. The highest BCUT2D eigenvalue weighted by atomic mass is 19.1. The number of hydrogen-bond donors (Lipinski definition) is 1. The van der Waals surface area contributed by atoms with Crippen LogP contribution in [0.25, 0.3) is 16.7 Å². The van der Waals surface area contributed by atoms with Crippen molar-refractivity contribution in [1.82, 2.24) is 19.4 Å². The Labute approximate surface area is 163 Å². The average Bonchev–Trinajstić information content (AvgIpc) is 2.92. The van der Waals surface area contributed by atoms with Crippen molar-refractivity contribution in [2.24, 2.45) is 0 Å². The van der Waals surface area contributed by atoms with Gasteiger partial charge in [-0.2, -0.15) is 0 Å². The van der Waals surface area contributed by atoms with Crippen LogP contribution >= 0.6 is 0 Å². The van der Waals surface area contributed by atoms with E-state index in [0.29, 0.717) is 16.7 Å². The molecule has 1 aromatic carbocycles. The van der Waals surface area contributed by atoms with Crippen LogP contribution in [0.15, 0.2) is 35.4 Å². The van der Waals surface area contributed by atoms with Gasteiger partial charge in [0, 0.05) is 24.7 Å². The lowest BCUT2D eigenvalue weighted by Crippen LogP contribution is -2.33. The smallest absolute Gasteiger partial charge is 0.263 e. The minimum Gasteiger partial charge on any atom is -0.354 e. The van der Waals surface area contributed by atoms with Gasteiger partial charge in [-0.25, -0.2) is 9.37 Å². The van der Waals surface area contributed by atoms with Crippen molar-refractivity contribution < 1.29 is 9.18 Å². The van der Waals surface area contributed by atoms with E-state index in [4.69, 9.17) is 0 Å². The summed E-state index contributed by atoms with van der Waals surface area (Å²) in [5.74, 6) is -0.441. The number of carbonyl (C=O) groups is 1. The predicted molar refractivity (Wildman–Crippen MR) is 107 cm³/mol. The SMILES string of the molecule is CCC(C)NC(=O)CCn1cnc2c(c(C)c(C)n2-c2cccc(F)c2)c1=O. The lowest BCUT2D eigenvalue weighted by molar-refractivity contribution is -0.121. The number of nitrogens with one attached hydrogen (secondary N) is 1. The van der Waals surface area contributed by atoms with E-state index in [1.807, 2.05) is 27.7 Å². The second-order valence-electron chi connectivity index (χ2n) is 7.09. The topological polar surface area (TPSA) is 68.9 Å². The number of aryl methyl sites for hydroxylation is 2. The van der Waals surface area contributed by atoms with Crippen LogP contribution in [0.1, 0.15) is 37.9 Å². The molecule has 0 bridgehead atoms. The first kappa shape index (κ1) is 19.8. The Hall–Kier alpha value is -2.96. The summed E-state index contributed by atoms with van der Waals surface area (Å²) in [5.41, 5.74) is 2.55.